The Kier molecular flexibility index (Phi) is 2.81. The van der Waals surface area contributed by atoms with Crippen molar-refractivity contribution < 1.29 is 4.39 Å². The molecule has 1 aromatic carbocycles. The number of thioether (sulfide) groups is 1. The van der Waals surface area contributed by atoms with Crippen LogP contribution in [0.15, 0.2) is 17.0 Å². The van der Waals surface area contributed by atoms with Gasteiger partial charge in [-0.25, -0.2) is 4.39 Å². The molecule has 1 rings (SSSR count). The molecule has 0 fully saturated rings. The van der Waals surface area contributed by atoms with Crippen LogP contribution in [0, 0.1) is 5.82 Å². The lowest BCUT2D eigenvalue weighted by Gasteiger charge is -2.05. The van der Waals surface area contributed by atoms with Crippen LogP contribution in [0.25, 0.3) is 0 Å². The predicted molar refractivity (Wildman–Crippen MR) is 51.6 cm³/mol. The Balaban J connectivity index is 3.08. The third-order valence-corrected chi connectivity index (χ3v) is 2.39. The third-order valence-electron chi connectivity index (χ3n) is 1.48. The second kappa shape index (κ2) is 3.67. The summed E-state index contributed by atoms with van der Waals surface area (Å²) >= 11 is 1.41. The van der Waals surface area contributed by atoms with Gasteiger partial charge in [0.05, 0.1) is 11.4 Å². The van der Waals surface area contributed by atoms with Crippen LogP contribution < -0.4 is 11.5 Å². The van der Waals surface area contributed by atoms with Crippen LogP contribution in [0.4, 0.5) is 15.8 Å². The first-order chi connectivity index (χ1) is 5.66. The van der Waals surface area contributed by atoms with Crippen molar-refractivity contribution in [2.45, 2.75) is 11.8 Å². The van der Waals surface area contributed by atoms with Crippen LogP contribution in [0.2, 0.25) is 0 Å². The van der Waals surface area contributed by atoms with Crippen molar-refractivity contribution in [2.75, 3.05) is 17.2 Å². The summed E-state index contributed by atoms with van der Waals surface area (Å²) in [4.78, 5) is 0.559. The normalized spacial score (nSPS) is 10.2. The minimum atomic E-state index is -0.401. The van der Waals surface area contributed by atoms with E-state index in [1.54, 1.807) is 12.1 Å². The fraction of sp³-hybridized carbons (Fsp3) is 0.250. The standard InChI is InChI=1S/C8H11FN2S/c1-2-12-6-4-3-5(10)8(11)7(6)9/h3-4H,2,10-11H2,1H3. The average molecular weight is 186 g/mol. The van der Waals surface area contributed by atoms with Crippen LogP contribution in [0.1, 0.15) is 6.92 Å². The minimum Gasteiger partial charge on any atom is -0.397 e. The van der Waals surface area contributed by atoms with Crippen LogP contribution in [-0.4, -0.2) is 5.75 Å². The number of rotatable bonds is 2. The van der Waals surface area contributed by atoms with Crippen LogP contribution in [-0.2, 0) is 0 Å². The molecule has 0 atom stereocenters. The second-order valence-corrected chi connectivity index (χ2v) is 3.62. The first-order valence-corrected chi connectivity index (χ1v) is 4.61. The molecule has 0 aliphatic rings. The minimum absolute atomic E-state index is 0.0495. The molecule has 0 saturated carbocycles. The number of halogens is 1. The van der Waals surface area contributed by atoms with Gasteiger partial charge < -0.3 is 11.5 Å². The van der Waals surface area contributed by atoms with E-state index in [9.17, 15) is 4.39 Å². The molecule has 0 spiro atoms. The van der Waals surface area contributed by atoms with Crippen molar-refractivity contribution in [3.63, 3.8) is 0 Å². The zero-order valence-corrected chi connectivity index (χ0v) is 7.62. The third kappa shape index (κ3) is 1.64. The molecule has 0 saturated heterocycles. The average Bonchev–Trinajstić information content (AvgIpc) is 2.07. The Morgan fingerprint density at radius 3 is 2.67 bits per heavy atom. The van der Waals surface area contributed by atoms with Gasteiger partial charge in [-0.05, 0) is 17.9 Å². The first kappa shape index (κ1) is 9.19. The summed E-state index contributed by atoms with van der Waals surface area (Å²) in [5.74, 6) is 0.419. The van der Waals surface area contributed by atoms with Crippen molar-refractivity contribution in [1.29, 1.82) is 0 Å². The van der Waals surface area contributed by atoms with E-state index in [1.807, 2.05) is 6.92 Å². The van der Waals surface area contributed by atoms with Gasteiger partial charge in [0.1, 0.15) is 0 Å². The topological polar surface area (TPSA) is 52.0 Å². The molecule has 0 radical (unpaired) electrons. The fourth-order valence-electron chi connectivity index (χ4n) is 0.855. The number of hydrogen-bond acceptors (Lipinski definition) is 3. The van der Waals surface area contributed by atoms with Crippen molar-refractivity contribution in [2.24, 2.45) is 0 Å². The molecule has 0 aliphatic heterocycles. The summed E-state index contributed by atoms with van der Waals surface area (Å²) < 4.78 is 13.2. The number of hydrogen-bond donors (Lipinski definition) is 2. The van der Waals surface area contributed by atoms with Gasteiger partial charge in [-0.1, -0.05) is 6.92 Å². The molecule has 1 aromatic rings. The molecular formula is C8H11FN2S. The zero-order valence-electron chi connectivity index (χ0n) is 6.80. The molecule has 12 heavy (non-hydrogen) atoms. The molecule has 4 N–H and O–H groups in total. The summed E-state index contributed by atoms with van der Waals surface area (Å²) in [5.41, 5.74) is 11.2. The molecule has 0 aromatic heterocycles. The Bertz CT molecular complexity index is 289. The second-order valence-electron chi connectivity index (χ2n) is 2.31. The van der Waals surface area contributed by atoms with Gasteiger partial charge in [-0.2, -0.15) is 0 Å². The maximum Gasteiger partial charge on any atom is 0.161 e. The Morgan fingerprint density at radius 1 is 1.42 bits per heavy atom. The highest BCUT2D eigenvalue weighted by Gasteiger charge is 2.07. The molecule has 0 amide bonds. The van der Waals surface area contributed by atoms with E-state index in [0.717, 1.165) is 5.75 Å². The van der Waals surface area contributed by atoms with Gasteiger partial charge >= 0.3 is 0 Å². The Hall–Kier alpha value is -0.900. The van der Waals surface area contributed by atoms with Gasteiger partial charge in [0.25, 0.3) is 0 Å². The molecule has 0 unspecified atom stereocenters. The number of anilines is 2. The lowest BCUT2D eigenvalue weighted by atomic mass is 10.2. The summed E-state index contributed by atoms with van der Waals surface area (Å²) in [6, 6.07) is 3.27. The largest absolute Gasteiger partial charge is 0.397 e. The van der Waals surface area contributed by atoms with E-state index in [1.165, 1.54) is 11.8 Å². The van der Waals surface area contributed by atoms with Gasteiger partial charge in [-0.3, -0.25) is 0 Å². The monoisotopic (exact) mass is 186 g/mol. The van der Waals surface area contributed by atoms with E-state index in [0.29, 0.717) is 10.6 Å². The summed E-state index contributed by atoms with van der Waals surface area (Å²) in [6.07, 6.45) is 0. The maximum atomic E-state index is 13.2. The van der Waals surface area contributed by atoms with Crippen molar-refractivity contribution in [1.82, 2.24) is 0 Å². The van der Waals surface area contributed by atoms with Crippen molar-refractivity contribution in [3.8, 4) is 0 Å². The molecular weight excluding hydrogens is 175 g/mol. The van der Waals surface area contributed by atoms with E-state index in [4.69, 9.17) is 11.5 Å². The summed E-state index contributed by atoms with van der Waals surface area (Å²) in [6.45, 7) is 1.96. The zero-order chi connectivity index (χ0) is 9.14. The molecule has 4 heteroatoms. The Morgan fingerprint density at radius 2 is 2.08 bits per heavy atom. The van der Waals surface area contributed by atoms with E-state index >= 15 is 0 Å². The van der Waals surface area contributed by atoms with E-state index in [2.05, 4.69) is 0 Å². The SMILES string of the molecule is CCSc1ccc(N)c(N)c1F. The molecule has 66 valence electrons. The first-order valence-electron chi connectivity index (χ1n) is 3.63. The van der Waals surface area contributed by atoms with Gasteiger partial charge in [0.2, 0.25) is 0 Å². The lowest BCUT2D eigenvalue weighted by molar-refractivity contribution is 0.607. The predicted octanol–water partition coefficient (Wildman–Crippen LogP) is 2.10. The lowest BCUT2D eigenvalue weighted by Crippen LogP contribution is -1.98. The van der Waals surface area contributed by atoms with Crippen LogP contribution in [0.5, 0.6) is 0 Å². The number of nitrogens with two attached hydrogens (primary N) is 2. The van der Waals surface area contributed by atoms with Crippen LogP contribution in [0.3, 0.4) is 0 Å². The summed E-state index contributed by atoms with van der Waals surface area (Å²) in [7, 11) is 0. The maximum absolute atomic E-state index is 13.2. The highest BCUT2D eigenvalue weighted by Crippen LogP contribution is 2.28. The highest BCUT2D eigenvalue weighted by molar-refractivity contribution is 7.99. The van der Waals surface area contributed by atoms with Gasteiger partial charge in [-0.15, -0.1) is 11.8 Å². The van der Waals surface area contributed by atoms with E-state index < -0.39 is 5.82 Å². The fourth-order valence-corrected chi connectivity index (χ4v) is 1.57. The molecule has 0 bridgehead atoms. The molecule has 0 heterocycles. The summed E-state index contributed by atoms with van der Waals surface area (Å²) in [5, 5.41) is 0. The number of nitrogen functional groups attached to an aromatic ring is 2. The molecule has 0 aliphatic carbocycles. The number of benzene rings is 1. The highest BCUT2D eigenvalue weighted by atomic mass is 32.2. The van der Waals surface area contributed by atoms with Crippen molar-refractivity contribution >= 4 is 23.1 Å². The quantitative estimate of drug-likeness (QED) is 0.549. The smallest absolute Gasteiger partial charge is 0.161 e. The van der Waals surface area contributed by atoms with E-state index in [-0.39, 0.29) is 5.69 Å². The molecule has 2 nitrogen and oxygen atoms in total. The van der Waals surface area contributed by atoms with Gasteiger partial charge in [0, 0.05) is 4.90 Å². The van der Waals surface area contributed by atoms with Crippen LogP contribution >= 0.6 is 11.8 Å². The van der Waals surface area contributed by atoms with Gasteiger partial charge in [0.15, 0.2) is 5.82 Å². The van der Waals surface area contributed by atoms with Crippen molar-refractivity contribution in [3.05, 3.63) is 17.9 Å². The Labute approximate surface area is 75.1 Å².